The standard InChI is InChI=1S/C21H20ClN3O2/c1-14-7-9-16(10-8-14)21-24-15(2)11-20(25-21)27-13-19(26)23-12-17-5-3-4-6-18(17)22/h3-11H,12-13H2,1-2H3,(H,23,26). The van der Waals surface area contributed by atoms with Gasteiger partial charge < -0.3 is 10.1 Å². The number of aryl methyl sites for hydroxylation is 2. The van der Waals surface area contributed by atoms with E-state index in [-0.39, 0.29) is 12.5 Å². The Morgan fingerprint density at radius 1 is 1.07 bits per heavy atom. The van der Waals surface area contributed by atoms with Crippen LogP contribution in [0.2, 0.25) is 5.02 Å². The van der Waals surface area contributed by atoms with E-state index in [4.69, 9.17) is 16.3 Å². The average Bonchev–Trinajstić information content (AvgIpc) is 2.66. The van der Waals surface area contributed by atoms with Gasteiger partial charge in [-0.3, -0.25) is 4.79 Å². The van der Waals surface area contributed by atoms with E-state index in [1.54, 1.807) is 12.1 Å². The van der Waals surface area contributed by atoms with Crippen molar-refractivity contribution in [2.75, 3.05) is 6.61 Å². The molecular weight excluding hydrogens is 362 g/mol. The van der Waals surface area contributed by atoms with Gasteiger partial charge in [-0.15, -0.1) is 0 Å². The predicted molar refractivity (Wildman–Crippen MR) is 106 cm³/mol. The molecular formula is C21H20ClN3O2. The van der Waals surface area contributed by atoms with Crippen molar-refractivity contribution < 1.29 is 9.53 Å². The number of amides is 1. The van der Waals surface area contributed by atoms with Crippen LogP contribution < -0.4 is 10.1 Å². The smallest absolute Gasteiger partial charge is 0.258 e. The number of carbonyl (C=O) groups excluding carboxylic acids is 1. The second kappa shape index (κ2) is 8.64. The molecule has 0 radical (unpaired) electrons. The summed E-state index contributed by atoms with van der Waals surface area (Å²) in [5.41, 5.74) is 3.69. The lowest BCUT2D eigenvalue weighted by Crippen LogP contribution is -2.28. The summed E-state index contributed by atoms with van der Waals surface area (Å²) in [5, 5.41) is 3.40. The number of benzene rings is 2. The molecule has 0 aliphatic rings. The maximum absolute atomic E-state index is 12.1. The van der Waals surface area contributed by atoms with Crippen LogP contribution in [-0.4, -0.2) is 22.5 Å². The Balaban J connectivity index is 1.61. The van der Waals surface area contributed by atoms with Gasteiger partial charge in [0.1, 0.15) is 0 Å². The Hall–Kier alpha value is -2.92. The average molecular weight is 382 g/mol. The first-order valence-corrected chi connectivity index (χ1v) is 8.95. The van der Waals surface area contributed by atoms with E-state index in [1.807, 2.05) is 56.3 Å². The van der Waals surface area contributed by atoms with E-state index in [9.17, 15) is 4.79 Å². The number of hydrogen-bond acceptors (Lipinski definition) is 4. The Bertz CT molecular complexity index is 942. The highest BCUT2D eigenvalue weighted by atomic mass is 35.5. The Labute approximate surface area is 163 Å². The molecule has 138 valence electrons. The van der Waals surface area contributed by atoms with Crippen LogP contribution in [0.5, 0.6) is 5.88 Å². The molecule has 0 saturated carbocycles. The van der Waals surface area contributed by atoms with Crippen molar-refractivity contribution in [3.05, 3.63) is 76.4 Å². The summed E-state index contributed by atoms with van der Waals surface area (Å²) in [7, 11) is 0. The van der Waals surface area contributed by atoms with Crippen molar-refractivity contribution in [2.45, 2.75) is 20.4 Å². The van der Waals surface area contributed by atoms with Gasteiger partial charge in [0.25, 0.3) is 5.91 Å². The van der Waals surface area contributed by atoms with Gasteiger partial charge in [-0.1, -0.05) is 59.6 Å². The third-order valence-corrected chi connectivity index (χ3v) is 4.29. The number of aromatic nitrogens is 2. The van der Waals surface area contributed by atoms with Gasteiger partial charge in [-0.2, -0.15) is 4.98 Å². The summed E-state index contributed by atoms with van der Waals surface area (Å²) in [6.45, 7) is 4.11. The molecule has 27 heavy (non-hydrogen) atoms. The molecule has 0 atom stereocenters. The summed E-state index contributed by atoms with van der Waals surface area (Å²) in [4.78, 5) is 20.9. The third kappa shape index (κ3) is 5.28. The van der Waals surface area contributed by atoms with Crippen LogP contribution >= 0.6 is 11.6 Å². The Morgan fingerprint density at radius 3 is 2.56 bits per heavy atom. The molecule has 2 aromatic carbocycles. The Kier molecular flexibility index (Phi) is 6.04. The van der Waals surface area contributed by atoms with Crippen LogP contribution in [0.1, 0.15) is 16.8 Å². The van der Waals surface area contributed by atoms with E-state index < -0.39 is 0 Å². The molecule has 0 aliphatic heterocycles. The van der Waals surface area contributed by atoms with Gasteiger partial charge in [0.2, 0.25) is 5.88 Å². The van der Waals surface area contributed by atoms with Crippen LogP contribution in [0.4, 0.5) is 0 Å². The topological polar surface area (TPSA) is 64.1 Å². The fraction of sp³-hybridized carbons (Fsp3) is 0.190. The fourth-order valence-electron chi connectivity index (χ4n) is 2.47. The zero-order chi connectivity index (χ0) is 19.2. The van der Waals surface area contributed by atoms with Gasteiger partial charge in [-0.25, -0.2) is 4.98 Å². The van der Waals surface area contributed by atoms with Crippen molar-refractivity contribution in [3.63, 3.8) is 0 Å². The summed E-state index contributed by atoms with van der Waals surface area (Å²) < 4.78 is 5.56. The molecule has 0 aliphatic carbocycles. The summed E-state index contributed by atoms with van der Waals surface area (Å²) in [6.07, 6.45) is 0. The highest BCUT2D eigenvalue weighted by Crippen LogP contribution is 2.19. The van der Waals surface area contributed by atoms with Gasteiger partial charge in [0.15, 0.2) is 12.4 Å². The van der Waals surface area contributed by atoms with Gasteiger partial charge in [-0.05, 0) is 25.5 Å². The van der Waals surface area contributed by atoms with Gasteiger partial charge >= 0.3 is 0 Å². The highest BCUT2D eigenvalue weighted by Gasteiger charge is 2.09. The molecule has 0 spiro atoms. The molecule has 0 saturated heterocycles. The minimum absolute atomic E-state index is 0.131. The molecule has 3 rings (SSSR count). The van der Waals surface area contributed by atoms with E-state index in [0.29, 0.717) is 23.3 Å². The fourth-order valence-corrected chi connectivity index (χ4v) is 2.67. The van der Waals surface area contributed by atoms with Crippen LogP contribution in [0.15, 0.2) is 54.6 Å². The minimum atomic E-state index is -0.247. The third-order valence-electron chi connectivity index (χ3n) is 3.93. The quantitative estimate of drug-likeness (QED) is 0.697. The van der Waals surface area contributed by atoms with Crippen LogP contribution in [0.3, 0.4) is 0 Å². The second-order valence-electron chi connectivity index (χ2n) is 6.19. The molecule has 3 aromatic rings. The second-order valence-corrected chi connectivity index (χ2v) is 6.60. The maximum atomic E-state index is 12.1. The summed E-state index contributed by atoms with van der Waals surface area (Å²) in [5.74, 6) is 0.690. The first-order valence-electron chi connectivity index (χ1n) is 8.57. The van der Waals surface area contributed by atoms with Crippen LogP contribution in [-0.2, 0) is 11.3 Å². The first kappa shape index (κ1) is 18.9. The number of hydrogen-bond donors (Lipinski definition) is 1. The minimum Gasteiger partial charge on any atom is -0.467 e. The monoisotopic (exact) mass is 381 g/mol. The molecule has 1 amide bonds. The van der Waals surface area contributed by atoms with Crippen LogP contribution in [0.25, 0.3) is 11.4 Å². The van der Waals surface area contributed by atoms with Crippen molar-refractivity contribution in [1.29, 1.82) is 0 Å². The molecule has 6 heteroatoms. The maximum Gasteiger partial charge on any atom is 0.258 e. The van der Waals surface area contributed by atoms with Crippen molar-refractivity contribution in [2.24, 2.45) is 0 Å². The number of nitrogens with zero attached hydrogens (tertiary/aromatic N) is 2. The van der Waals surface area contributed by atoms with Crippen LogP contribution in [0, 0.1) is 13.8 Å². The molecule has 0 unspecified atom stereocenters. The number of halogens is 1. The lowest BCUT2D eigenvalue weighted by molar-refractivity contribution is -0.123. The first-order chi connectivity index (χ1) is 13.0. The zero-order valence-electron chi connectivity index (χ0n) is 15.2. The summed E-state index contributed by atoms with van der Waals surface area (Å²) >= 11 is 6.08. The largest absolute Gasteiger partial charge is 0.467 e. The van der Waals surface area contributed by atoms with E-state index in [2.05, 4.69) is 15.3 Å². The molecule has 1 N–H and O–H groups in total. The molecule has 5 nitrogen and oxygen atoms in total. The molecule has 0 bridgehead atoms. The number of nitrogens with one attached hydrogen (secondary N) is 1. The van der Waals surface area contributed by atoms with E-state index in [1.165, 1.54) is 0 Å². The Morgan fingerprint density at radius 2 is 1.81 bits per heavy atom. The van der Waals surface area contributed by atoms with E-state index >= 15 is 0 Å². The lowest BCUT2D eigenvalue weighted by Gasteiger charge is -2.10. The molecule has 0 fully saturated rings. The summed E-state index contributed by atoms with van der Waals surface area (Å²) in [6, 6.07) is 17.0. The SMILES string of the molecule is Cc1ccc(-c2nc(C)cc(OCC(=O)NCc3ccccc3Cl)n2)cc1. The number of ether oxygens (including phenoxy) is 1. The predicted octanol–water partition coefficient (Wildman–Crippen LogP) is 4.11. The van der Waals surface area contributed by atoms with Crippen molar-refractivity contribution in [1.82, 2.24) is 15.3 Å². The molecule has 1 heterocycles. The highest BCUT2D eigenvalue weighted by molar-refractivity contribution is 6.31. The normalized spacial score (nSPS) is 10.5. The number of rotatable bonds is 6. The van der Waals surface area contributed by atoms with Crippen molar-refractivity contribution >= 4 is 17.5 Å². The van der Waals surface area contributed by atoms with Gasteiger partial charge in [0, 0.05) is 28.9 Å². The zero-order valence-corrected chi connectivity index (χ0v) is 16.0. The molecule has 1 aromatic heterocycles. The van der Waals surface area contributed by atoms with Crippen molar-refractivity contribution in [3.8, 4) is 17.3 Å². The lowest BCUT2D eigenvalue weighted by atomic mass is 10.1. The van der Waals surface area contributed by atoms with Gasteiger partial charge in [0.05, 0.1) is 0 Å². The number of carbonyl (C=O) groups is 1. The van der Waals surface area contributed by atoms with E-state index in [0.717, 1.165) is 22.4 Å².